The number of piperazine rings is 1. The molecule has 2 rings (SSSR count). The van der Waals surface area contributed by atoms with Crippen molar-refractivity contribution in [1.29, 1.82) is 0 Å². The quantitative estimate of drug-likeness (QED) is 0.677. The zero-order valence-electron chi connectivity index (χ0n) is 9.29. The molecule has 2 atom stereocenters. The van der Waals surface area contributed by atoms with E-state index in [1.807, 2.05) is 4.90 Å². The highest BCUT2D eigenvalue weighted by molar-refractivity contribution is 6.18. The molecular formula is C11H19ClN2O. The molecule has 15 heavy (non-hydrogen) atoms. The van der Waals surface area contributed by atoms with Crippen LogP contribution in [0.5, 0.6) is 0 Å². The number of carbonyl (C=O) groups excluding carboxylic acids is 1. The fourth-order valence-electron chi connectivity index (χ4n) is 2.21. The lowest BCUT2D eigenvalue weighted by molar-refractivity contribution is -0.134. The summed E-state index contributed by atoms with van der Waals surface area (Å²) in [6.07, 6.45) is 1.10. The minimum Gasteiger partial charge on any atom is -0.340 e. The second-order valence-electron chi connectivity index (χ2n) is 4.68. The van der Waals surface area contributed by atoms with Crippen LogP contribution < -0.4 is 0 Å². The van der Waals surface area contributed by atoms with E-state index in [9.17, 15) is 4.79 Å². The van der Waals surface area contributed by atoms with E-state index >= 15 is 0 Å². The third-order valence-electron chi connectivity index (χ3n) is 3.51. The Balaban J connectivity index is 1.75. The molecule has 3 nitrogen and oxygen atoms in total. The molecule has 1 saturated heterocycles. The van der Waals surface area contributed by atoms with Crippen molar-refractivity contribution >= 4 is 17.5 Å². The molecule has 0 aromatic carbocycles. The normalized spacial score (nSPS) is 31.7. The summed E-state index contributed by atoms with van der Waals surface area (Å²) in [5, 5.41) is 0. The van der Waals surface area contributed by atoms with Gasteiger partial charge in [0.05, 0.1) is 0 Å². The maximum absolute atomic E-state index is 11.9. The van der Waals surface area contributed by atoms with Crippen LogP contribution in [-0.4, -0.2) is 54.3 Å². The Bertz CT molecular complexity index is 239. The van der Waals surface area contributed by atoms with Crippen LogP contribution in [0, 0.1) is 11.8 Å². The van der Waals surface area contributed by atoms with E-state index in [-0.39, 0.29) is 0 Å². The predicted octanol–water partition coefficient (Wildman–Crippen LogP) is 1.03. The Morgan fingerprint density at radius 2 is 1.93 bits per heavy atom. The first-order valence-corrected chi connectivity index (χ1v) is 6.33. The lowest BCUT2D eigenvalue weighted by Gasteiger charge is -2.34. The number of alkyl halides is 1. The van der Waals surface area contributed by atoms with Crippen molar-refractivity contribution in [3.05, 3.63) is 0 Å². The summed E-state index contributed by atoms with van der Waals surface area (Å²) in [4.78, 5) is 16.3. The van der Waals surface area contributed by atoms with Crippen molar-refractivity contribution in [2.75, 3.05) is 38.6 Å². The Morgan fingerprint density at radius 3 is 2.40 bits per heavy atom. The van der Waals surface area contributed by atoms with Gasteiger partial charge in [-0.15, -0.1) is 11.6 Å². The number of hydrogen-bond acceptors (Lipinski definition) is 2. The van der Waals surface area contributed by atoms with Crippen LogP contribution in [-0.2, 0) is 4.79 Å². The highest BCUT2D eigenvalue weighted by atomic mass is 35.5. The minimum atomic E-state index is 0.338. The first-order chi connectivity index (χ1) is 7.22. The third kappa shape index (κ3) is 2.64. The lowest BCUT2D eigenvalue weighted by atomic mass is 10.2. The van der Waals surface area contributed by atoms with Crippen molar-refractivity contribution in [2.24, 2.45) is 11.8 Å². The molecule has 2 aliphatic rings. The van der Waals surface area contributed by atoms with Crippen molar-refractivity contribution in [2.45, 2.75) is 13.3 Å². The topological polar surface area (TPSA) is 23.6 Å². The van der Waals surface area contributed by atoms with Gasteiger partial charge in [0, 0.05) is 44.5 Å². The Kier molecular flexibility index (Phi) is 3.52. The number of rotatable bonds is 3. The van der Waals surface area contributed by atoms with Gasteiger partial charge in [0.15, 0.2) is 0 Å². The molecule has 2 fully saturated rings. The fraction of sp³-hybridized carbons (Fsp3) is 0.909. The van der Waals surface area contributed by atoms with E-state index in [0.29, 0.717) is 23.6 Å². The maximum Gasteiger partial charge on any atom is 0.226 e. The molecule has 0 radical (unpaired) electrons. The first kappa shape index (κ1) is 11.2. The molecule has 0 aromatic heterocycles. The predicted molar refractivity (Wildman–Crippen MR) is 61.0 cm³/mol. The van der Waals surface area contributed by atoms with Gasteiger partial charge in [-0.25, -0.2) is 0 Å². The Labute approximate surface area is 96.4 Å². The van der Waals surface area contributed by atoms with Gasteiger partial charge in [0.1, 0.15) is 0 Å². The summed E-state index contributed by atoms with van der Waals surface area (Å²) >= 11 is 5.69. The molecule has 86 valence electrons. The van der Waals surface area contributed by atoms with Crippen molar-refractivity contribution in [3.8, 4) is 0 Å². The second-order valence-corrected chi connectivity index (χ2v) is 5.05. The summed E-state index contributed by atoms with van der Waals surface area (Å²) in [6.45, 7) is 6.85. The van der Waals surface area contributed by atoms with Crippen molar-refractivity contribution in [3.63, 3.8) is 0 Å². The molecule has 0 spiro atoms. The molecule has 1 aliphatic heterocycles. The summed E-state index contributed by atoms with van der Waals surface area (Å²) in [6, 6.07) is 0. The Morgan fingerprint density at radius 1 is 1.33 bits per heavy atom. The highest BCUT2D eigenvalue weighted by Gasteiger charge is 2.41. The van der Waals surface area contributed by atoms with E-state index in [0.717, 1.165) is 39.1 Å². The number of amides is 1. The molecule has 0 N–H and O–H groups in total. The molecule has 4 heteroatoms. The summed E-state index contributed by atoms with van der Waals surface area (Å²) < 4.78 is 0. The van der Waals surface area contributed by atoms with Crippen molar-refractivity contribution in [1.82, 2.24) is 9.80 Å². The SMILES string of the molecule is CC1CC1C(=O)N1CCN(CCCl)CC1. The van der Waals surface area contributed by atoms with Gasteiger partial charge in [-0.2, -0.15) is 0 Å². The lowest BCUT2D eigenvalue weighted by Crippen LogP contribution is -2.49. The van der Waals surface area contributed by atoms with Crippen LogP contribution >= 0.6 is 11.6 Å². The summed E-state index contributed by atoms with van der Waals surface area (Å²) in [5.41, 5.74) is 0. The monoisotopic (exact) mass is 230 g/mol. The van der Waals surface area contributed by atoms with Gasteiger partial charge < -0.3 is 4.90 Å². The fourth-order valence-corrected chi connectivity index (χ4v) is 2.45. The standard InChI is InChI=1S/C11H19ClN2O/c1-9-8-10(9)11(15)14-6-4-13(3-2-12)5-7-14/h9-10H,2-8H2,1H3. The van der Waals surface area contributed by atoms with E-state index in [4.69, 9.17) is 11.6 Å². The average molecular weight is 231 g/mol. The second kappa shape index (κ2) is 4.71. The van der Waals surface area contributed by atoms with Crippen LogP contribution in [0.2, 0.25) is 0 Å². The van der Waals surface area contributed by atoms with Crippen LogP contribution in [0.15, 0.2) is 0 Å². The Hall–Kier alpha value is -0.280. The molecule has 1 saturated carbocycles. The van der Waals surface area contributed by atoms with Gasteiger partial charge in [-0.1, -0.05) is 6.92 Å². The third-order valence-corrected chi connectivity index (χ3v) is 3.68. The van der Waals surface area contributed by atoms with E-state index in [1.165, 1.54) is 0 Å². The van der Waals surface area contributed by atoms with Gasteiger partial charge in [-0.05, 0) is 12.3 Å². The molecule has 0 bridgehead atoms. The molecule has 0 aromatic rings. The van der Waals surface area contributed by atoms with E-state index < -0.39 is 0 Å². The number of halogens is 1. The van der Waals surface area contributed by atoms with Crippen LogP contribution in [0.4, 0.5) is 0 Å². The zero-order chi connectivity index (χ0) is 10.8. The highest BCUT2D eigenvalue weighted by Crippen LogP contribution is 2.39. The van der Waals surface area contributed by atoms with E-state index in [1.54, 1.807) is 0 Å². The van der Waals surface area contributed by atoms with Gasteiger partial charge in [0.25, 0.3) is 0 Å². The molecular weight excluding hydrogens is 212 g/mol. The molecule has 1 amide bonds. The van der Waals surface area contributed by atoms with E-state index in [2.05, 4.69) is 11.8 Å². The smallest absolute Gasteiger partial charge is 0.226 e. The van der Waals surface area contributed by atoms with Crippen LogP contribution in [0.25, 0.3) is 0 Å². The minimum absolute atomic E-state index is 0.338. The van der Waals surface area contributed by atoms with Crippen LogP contribution in [0.3, 0.4) is 0 Å². The number of nitrogens with zero attached hydrogens (tertiary/aromatic N) is 2. The molecule has 1 heterocycles. The summed E-state index contributed by atoms with van der Waals surface area (Å²) in [5.74, 6) is 2.03. The zero-order valence-corrected chi connectivity index (χ0v) is 10.0. The number of hydrogen-bond donors (Lipinski definition) is 0. The number of carbonyl (C=O) groups is 1. The molecule has 2 unspecified atom stereocenters. The van der Waals surface area contributed by atoms with Crippen LogP contribution in [0.1, 0.15) is 13.3 Å². The van der Waals surface area contributed by atoms with Crippen molar-refractivity contribution < 1.29 is 4.79 Å². The average Bonchev–Trinajstić information content (AvgIpc) is 2.96. The largest absolute Gasteiger partial charge is 0.340 e. The van der Waals surface area contributed by atoms with Gasteiger partial charge >= 0.3 is 0 Å². The molecule has 1 aliphatic carbocycles. The van der Waals surface area contributed by atoms with Gasteiger partial charge in [0.2, 0.25) is 5.91 Å². The van der Waals surface area contributed by atoms with Gasteiger partial charge in [-0.3, -0.25) is 9.69 Å². The maximum atomic E-state index is 11.9. The first-order valence-electron chi connectivity index (χ1n) is 5.79. The summed E-state index contributed by atoms with van der Waals surface area (Å²) in [7, 11) is 0.